The molecule has 13 heavy (non-hydrogen) atoms. The summed E-state index contributed by atoms with van der Waals surface area (Å²) in [7, 11) is 0. The molecule has 1 nitrogen and oxygen atoms in total. The Morgan fingerprint density at radius 2 is 2.15 bits per heavy atom. The zero-order chi connectivity index (χ0) is 9.68. The minimum absolute atomic E-state index is 0.242. The van der Waals surface area contributed by atoms with Crippen molar-refractivity contribution in [2.24, 2.45) is 11.8 Å². The summed E-state index contributed by atoms with van der Waals surface area (Å²) in [6, 6.07) is 0. The zero-order valence-electron chi connectivity index (χ0n) is 8.49. The standard InChI is InChI=1S/C12H18O/c1-3-7-12(13)11-9-6-5-8-10(11)4-2/h3,5-7,10-11H,4,8-9H2,1-2H3. The molecular weight excluding hydrogens is 160 g/mol. The van der Waals surface area contributed by atoms with Gasteiger partial charge >= 0.3 is 0 Å². The molecule has 0 saturated heterocycles. The summed E-state index contributed by atoms with van der Waals surface area (Å²) in [5, 5.41) is 0. The van der Waals surface area contributed by atoms with Crippen LogP contribution in [0.3, 0.4) is 0 Å². The van der Waals surface area contributed by atoms with Crippen LogP contribution in [0.5, 0.6) is 0 Å². The van der Waals surface area contributed by atoms with Gasteiger partial charge in [-0.3, -0.25) is 4.79 Å². The fourth-order valence-electron chi connectivity index (χ4n) is 1.96. The van der Waals surface area contributed by atoms with Crippen LogP contribution in [-0.4, -0.2) is 5.78 Å². The molecule has 0 fully saturated rings. The summed E-state index contributed by atoms with van der Waals surface area (Å²) in [5.74, 6) is 1.11. The van der Waals surface area contributed by atoms with E-state index >= 15 is 0 Å². The Balaban J connectivity index is 2.65. The van der Waals surface area contributed by atoms with Crippen LogP contribution in [0.4, 0.5) is 0 Å². The number of hydrogen-bond acceptors (Lipinski definition) is 1. The molecule has 1 heteroatoms. The smallest absolute Gasteiger partial charge is 0.159 e. The van der Waals surface area contributed by atoms with Gasteiger partial charge in [-0.1, -0.05) is 31.6 Å². The van der Waals surface area contributed by atoms with Crippen molar-refractivity contribution in [3.05, 3.63) is 24.3 Å². The van der Waals surface area contributed by atoms with Gasteiger partial charge in [0, 0.05) is 5.92 Å². The molecule has 1 rings (SSSR count). The molecule has 0 N–H and O–H groups in total. The summed E-state index contributed by atoms with van der Waals surface area (Å²) in [5.41, 5.74) is 0. The molecule has 0 radical (unpaired) electrons. The predicted molar refractivity (Wildman–Crippen MR) is 55.5 cm³/mol. The lowest BCUT2D eigenvalue weighted by Crippen LogP contribution is -2.23. The fraction of sp³-hybridized carbons (Fsp3) is 0.583. The van der Waals surface area contributed by atoms with Gasteiger partial charge in [0.15, 0.2) is 5.78 Å². The summed E-state index contributed by atoms with van der Waals surface area (Å²) >= 11 is 0. The fourth-order valence-corrected chi connectivity index (χ4v) is 1.96. The quantitative estimate of drug-likeness (QED) is 0.479. The maximum Gasteiger partial charge on any atom is 0.159 e. The lowest BCUT2D eigenvalue weighted by Gasteiger charge is -2.25. The Hall–Kier alpha value is -0.850. The third kappa shape index (κ3) is 2.55. The average Bonchev–Trinajstić information content (AvgIpc) is 2.18. The molecule has 0 amide bonds. The van der Waals surface area contributed by atoms with Gasteiger partial charge in [0.2, 0.25) is 0 Å². The van der Waals surface area contributed by atoms with Gasteiger partial charge in [-0.2, -0.15) is 0 Å². The molecule has 2 unspecified atom stereocenters. The van der Waals surface area contributed by atoms with Gasteiger partial charge in [-0.25, -0.2) is 0 Å². The Morgan fingerprint density at radius 1 is 1.46 bits per heavy atom. The first-order chi connectivity index (χ1) is 6.29. The highest BCUT2D eigenvalue weighted by atomic mass is 16.1. The van der Waals surface area contributed by atoms with Crippen molar-refractivity contribution in [3.63, 3.8) is 0 Å². The summed E-state index contributed by atoms with van der Waals surface area (Å²) in [6.07, 6.45) is 11.0. The van der Waals surface area contributed by atoms with Crippen LogP contribution in [-0.2, 0) is 4.79 Å². The van der Waals surface area contributed by atoms with E-state index in [0.717, 1.165) is 19.3 Å². The molecule has 0 aromatic carbocycles. The van der Waals surface area contributed by atoms with Gasteiger partial charge in [-0.15, -0.1) is 0 Å². The normalized spacial score (nSPS) is 28.2. The molecule has 0 heterocycles. The first-order valence-corrected chi connectivity index (χ1v) is 5.11. The third-order valence-corrected chi connectivity index (χ3v) is 2.79. The Bertz CT molecular complexity index is 225. The first-order valence-electron chi connectivity index (χ1n) is 5.11. The van der Waals surface area contributed by atoms with Crippen molar-refractivity contribution in [3.8, 4) is 0 Å². The van der Waals surface area contributed by atoms with Gasteiger partial charge in [0.05, 0.1) is 0 Å². The molecular formula is C12H18O. The van der Waals surface area contributed by atoms with E-state index in [1.165, 1.54) is 0 Å². The van der Waals surface area contributed by atoms with Crippen molar-refractivity contribution < 1.29 is 4.79 Å². The van der Waals surface area contributed by atoms with E-state index in [1.807, 2.05) is 13.0 Å². The van der Waals surface area contributed by atoms with Crippen LogP contribution in [0.25, 0.3) is 0 Å². The van der Waals surface area contributed by atoms with Crippen molar-refractivity contribution >= 4 is 5.78 Å². The van der Waals surface area contributed by atoms with Crippen molar-refractivity contribution in [2.45, 2.75) is 33.1 Å². The number of allylic oxidation sites excluding steroid dienone is 4. The van der Waals surface area contributed by atoms with Crippen molar-refractivity contribution in [1.82, 2.24) is 0 Å². The summed E-state index contributed by atoms with van der Waals surface area (Å²) in [6.45, 7) is 4.07. The maximum absolute atomic E-state index is 11.6. The van der Waals surface area contributed by atoms with E-state index in [0.29, 0.717) is 11.7 Å². The van der Waals surface area contributed by atoms with Crippen LogP contribution in [0.2, 0.25) is 0 Å². The number of hydrogen-bond donors (Lipinski definition) is 0. The highest BCUT2D eigenvalue weighted by molar-refractivity contribution is 5.92. The van der Waals surface area contributed by atoms with Crippen LogP contribution < -0.4 is 0 Å². The molecule has 72 valence electrons. The summed E-state index contributed by atoms with van der Waals surface area (Å²) < 4.78 is 0. The lowest BCUT2D eigenvalue weighted by molar-refractivity contribution is -0.119. The van der Waals surface area contributed by atoms with Crippen LogP contribution in [0.1, 0.15) is 33.1 Å². The number of ketones is 1. The molecule has 0 aliphatic heterocycles. The minimum Gasteiger partial charge on any atom is -0.295 e. The van der Waals surface area contributed by atoms with Gasteiger partial charge in [0.25, 0.3) is 0 Å². The molecule has 2 atom stereocenters. The van der Waals surface area contributed by atoms with Gasteiger partial charge < -0.3 is 0 Å². The van der Waals surface area contributed by atoms with Crippen LogP contribution in [0, 0.1) is 11.8 Å². The predicted octanol–water partition coefficient (Wildman–Crippen LogP) is 3.12. The van der Waals surface area contributed by atoms with E-state index < -0.39 is 0 Å². The zero-order valence-corrected chi connectivity index (χ0v) is 8.49. The maximum atomic E-state index is 11.6. The van der Waals surface area contributed by atoms with Crippen molar-refractivity contribution in [2.75, 3.05) is 0 Å². The van der Waals surface area contributed by atoms with E-state index in [9.17, 15) is 4.79 Å². The highest BCUT2D eigenvalue weighted by Gasteiger charge is 2.25. The van der Waals surface area contributed by atoms with Crippen molar-refractivity contribution in [1.29, 1.82) is 0 Å². The molecule has 0 bridgehead atoms. The summed E-state index contributed by atoms with van der Waals surface area (Å²) in [4.78, 5) is 11.6. The molecule has 0 spiro atoms. The number of carbonyl (C=O) groups is 1. The molecule has 1 aliphatic carbocycles. The topological polar surface area (TPSA) is 17.1 Å². The minimum atomic E-state index is 0.242. The first kappa shape index (κ1) is 10.2. The average molecular weight is 178 g/mol. The monoisotopic (exact) mass is 178 g/mol. The Kier molecular flexibility index (Phi) is 3.94. The Labute approximate surface area is 80.5 Å². The second kappa shape index (κ2) is 5.00. The second-order valence-electron chi connectivity index (χ2n) is 3.62. The number of carbonyl (C=O) groups excluding carboxylic acids is 1. The Morgan fingerprint density at radius 3 is 2.77 bits per heavy atom. The SMILES string of the molecule is CC=CC(=O)C1CC=CCC1CC. The van der Waals surface area contributed by atoms with E-state index in [2.05, 4.69) is 19.1 Å². The molecule has 0 saturated carbocycles. The second-order valence-corrected chi connectivity index (χ2v) is 3.62. The number of rotatable bonds is 3. The van der Waals surface area contributed by atoms with Crippen LogP contribution in [0.15, 0.2) is 24.3 Å². The van der Waals surface area contributed by atoms with Gasteiger partial charge in [-0.05, 0) is 31.8 Å². The molecule has 0 aromatic heterocycles. The largest absolute Gasteiger partial charge is 0.295 e. The van der Waals surface area contributed by atoms with E-state index in [-0.39, 0.29) is 5.92 Å². The molecule has 0 aromatic rings. The molecule has 1 aliphatic rings. The van der Waals surface area contributed by atoms with Crippen LogP contribution >= 0.6 is 0 Å². The third-order valence-electron chi connectivity index (χ3n) is 2.79. The van der Waals surface area contributed by atoms with E-state index in [1.54, 1.807) is 6.08 Å². The van der Waals surface area contributed by atoms with Gasteiger partial charge in [0.1, 0.15) is 0 Å². The van der Waals surface area contributed by atoms with E-state index in [4.69, 9.17) is 0 Å². The highest BCUT2D eigenvalue weighted by Crippen LogP contribution is 2.28. The lowest BCUT2D eigenvalue weighted by atomic mass is 9.79.